The van der Waals surface area contributed by atoms with Crippen LogP contribution in [0.5, 0.6) is 0 Å². The number of aromatic nitrogens is 1. The van der Waals surface area contributed by atoms with E-state index in [9.17, 15) is 4.79 Å². The number of amides is 1. The lowest BCUT2D eigenvalue weighted by Gasteiger charge is -2.37. The van der Waals surface area contributed by atoms with E-state index in [1.54, 1.807) is 0 Å². The number of rotatable bonds is 8. The molecular formula is C32H39N3O3. The van der Waals surface area contributed by atoms with Gasteiger partial charge in [0.2, 0.25) is 0 Å². The maximum absolute atomic E-state index is 12.9. The van der Waals surface area contributed by atoms with Crippen molar-refractivity contribution in [3.05, 3.63) is 66.4 Å². The molecule has 3 fully saturated rings. The Kier molecular flexibility index (Phi) is 8.00. The van der Waals surface area contributed by atoms with Gasteiger partial charge in [-0.2, -0.15) is 0 Å². The van der Waals surface area contributed by atoms with Crippen molar-refractivity contribution in [2.45, 2.75) is 50.7 Å². The molecular weight excluding hydrogens is 474 g/mol. The summed E-state index contributed by atoms with van der Waals surface area (Å²) < 4.78 is 12.3. The number of carbonyl (C=O) groups excluding carboxylic acids is 1. The normalized spacial score (nSPS) is 21.8. The second-order valence-corrected chi connectivity index (χ2v) is 11.0. The van der Waals surface area contributed by atoms with E-state index in [0.29, 0.717) is 12.5 Å². The van der Waals surface area contributed by atoms with Crippen LogP contribution < -0.4 is 0 Å². The van der Waals surface area contributed by atoms with Gasteiger partial charge in [-0.1, -0.05) is 42.5 Å². The molecule has 3 saturated heterocycles. The fourth-order valence-corrected chi connectivity index (χ4v) is 6.31. The van der Waals surface area contributed by atoms with Gasteiger partial charge in [-0.05, 0) is 80.8 Å². The van der Waals surface area contributed by atoms with Gasteiger partial charge >= 0.3 is 0 Å². The van der Waals surface area contributed by atoms with Crippen molar-refractivity contribution in [1.82, 2.24) is 14.8 Å². The summed E-state index contributed by atoms with van der Waals surface area (Å²) in [6.07, 6.45) is 8.15. The summed E-state index contributed by atoms with van der Waals surface area (Å²) in [5.41, 5.74) is 4.54. The van der Waals surface area contributed by atoms with Gasteiger partial charge < -0.3 is 19.3 Å². The highest BCUT2D eigenvalue weighted by Crippen LogP contribution is 2.35. The van der Waals surface area contributed by atoms with Crippen molar-refractivity contribution >= 4 is 16.8 Å². The van der Waals surface area contributed by atoms with Crippen molar-refractivity contribution in [2.24, 2.45) is 5.92 Å². The van der Waals surface area contributed by atoms with Gasteiger partial charge in [0.25, 0.3) is 5.91 Å². The average molecular weight is 514 g/mol. The molecule has 3 aliphatic rings. The standard InChI is InChI=1S/C32H39N3O3/c36-32(30-8-5-20-37-30)35-17-13-26(14-18-35)31(38-21-19-34-15-3-4-16-34)25-11-9-24(10-12-25)28-22-27-6-1-2-7-29(27)33-23-28/h1-2,6-7,9-12,22-23,26,30-31H,3-5,8,13-21H2/t30-,31+/m1/s1. The Morgan fingerprint density at radius 1 is 0.947 bits per heavy atom. The number of pyridine rings is 1. The second-order valence-electron chi connectivity index (χ2n) is 11.0. The van der Waals surface area contributed by atoms with Crippen molar-refractivity contribution in [3.8, 4) is 11.1 Å². The molecule has 6 nitrogen and oxygen atoms in total. The van der Waals surface area contributed by atoms with Gasteiger partial charge in [0.1, 0.15) is 6.10 Å². The Hall–Kier alpha value is -2.80. The Balaban J connectivity index is 1.15. The van der Waals surface area contributed by atoms with Crippen LogP contribution in [0.3, 0.4) is 0 Å². The molecule has 0 spiro atoms. The van der Waals surface area contributed by atoms with Crippen LogP contribution in [0.4, 0.5) is 0 Å². The van der Waals surface area contributed by atoms with Crippen molar-refractivity contribution in [2.75, 3.05) is 45.9 Å². The molecule has 0 N–H and O–H groups in total. The van der Waals surface area contributed by atoms with Crippen LogP contribution in [-0.4, -0.2) is 72.7 Å². The van der Waals surface area contributed by atoms with Gasteiger partial charge in [-0.15, -0.1) is 0 Å². The SMILES string of the molecule is O=C([C@H]1CCCO1)N1CCC([C@@H](OCCN2CCCC2)c2ccc(-c3cnc4ccccc4c3)cc2)CC1. The van der Waals surface area contributed by atoms with Crippen LogP contribution in [-0.2, 0) is 14.3 Å². The molecule has 2 atom stereocenters. The third kappa shape index (κ3) is 5.78. The first-order valence-electron chi connectivity index (χ1n) is 14.4. The molecule has 0 unspecified atom stereocenters. The number of para-hydroxylation sites is 1. The van der Waals surface area contributed by atoms with Crippen LogP contribution in [0.15, 0.2) is 60.8 Å². The summed E-state index contributed by atoms with van der Waals surface area (Å²) in [6.45, 7) is 6.40. The molecule has 200 valence electrons. The number of piperidine rings is 1. The van der Waals surface area contributed by atoms with Crippen molar-refractivity contribution in [1.29, 1.82) is 0 Å². The molecule has 0 radical (unpaired) electrons. The predicted molar refractivity (Wildman–Crippen MR) is 150 cm³/mol. The van der Waals surface area contributed by atoms with E-state index in [-0.39, 0.29) is 18.1 Å². The van der Waals surface area contributed by atoms with Gasteiger partial charge in [-0.25, -0.2) is 0 Å². The van der Waals surface area contributed by atoms with Crippen molar-refractivity contribution in [3.63, 3.8) is 0 Å². The second kappa shape index (κ2) is 11.9. The minimum absolute atomic E-state index is 0.0429. The number of benzene rings is 2. The van der Waals surface area contributed by atoms with Crippen LogP contribution in [0.1, 0.15) is 50.2 Å². The van der Waals surface area contributed by atoms with E-state index in [2.05, 4.69) is 52.3 Å². The van der Waals surface area contributed by atoms with E-state index in [1.807, 2.05) is 23.2 Å². The summed E-state index contributed by atoms with van der Waals surface area (Å²) in [6, 6.07) is 19.3. The fraction of sp³-hybridized carbons (Fsp3) is 0.500. The number of ether oxygens (including phenoxy) is 2. The highest BCUT2D eigenvalue weighted by molar-refractivity contribution is 5.83. The lowest BCUT2D eigenvalue weighted by Crippen LogP contribution is -2.44. The summed E-state index contributed by atoms with van der Waals surface area (Å²) >= 11 is 0. The smallest absolute Gasteiger partial charge is 0.251 e. The number of carbonyl (C=O) groups is 1. The summed E-state index contributed by atoms with van der Waals surface area (Å²) in [5.74, 6) is 0.580. The molecule has 1 aromatic heterocycles. The highest BCUT2D eigenvalue weighted by Gasteiger charge is 2.34. The number of hydrogen-bond donors (Lipinski definition) is 0. The van der Waals surface area contributed by atoms with Crippen LogP contribution in [0.25, 0.3) is 22.0 Å². The van der Waals surface area contributed by atoms with E-state index >= 15 is 0 Å². The van der Waals surface area contributed by atoms with E-state index in [1.165, 1.54) is 37.1 Å². The molecule has 6 rings (SSSR count). The lowest BCUT2D eigenvalue weighted by atomic mass is 9.86. The number of likely N-dealkylation sites (tertiary alicyclic amines) is 2. The average Bonchev–Trinajstić information content (AvgIpc) is 3.70. The highest BCUT2D eigenvalue weighted by atomic mass is 16.5. The molecule has 3 aliphatic heterocycles. The third-order valence-corrected chi connectivity index (χ3v) is 8.55. The molecule has 3 aromatic rings. The fourth-order valence-electron chi connectivity index (χ4n) is 6.31. The van der Waals surface area contributed by atoms with Gasteiger partial charge in [-0.3, -0.25) is 9.78 Å². The maximum Gasteiger partial charge on any atom is 0.251 e. The maximum atomic E-state index is 12.9. The Bertz CT molecular complexity index is 1210. The van der Waals surface area contributed by atoms with Gasteiger partial charge in [0.15, 0.2) is 0 Å². The topological polar surface area (TPSA) is 54.9 Å². The molecule has 2 aromatic carbocycles. The molecule has 38 heavy (non-hydrogen) atoms. The number of nitrogens with zero attached hydrogens (tertiary/aromatic N) is 3. The first-order chi connectivity index (χ1) is 18.7. The van der Waals surface area contributed by atoms with Crippen LogP contribution in [0, 0.1) is 5.92 Å². The predicted octanol–water partition coefficient (Wildman–Crippen LogP) is 5.47. The zero-order valence-corrected chi connectivity index (χ0v) is 22.3. The molecule has 1 amide bonds. The summed E-state index contributed by atoms with van der Waals surface area (Å²) in [5, 5.41) is 1.15. The minimum Gasteiger partial charge on any atom is -0.372 e. The zero-order chi connectivity index (χ0) is 25.7. The molecule has 0 bridgehead atoms. The minimum atomic E-state index is -0.226. The Labute approximate surface area is 225 Å². The Morgan fingerprint density at radius 3 is 2.50 bits per heavy atom. The van der Waals surface area contributed by atoms with E-state index < -0.39 is 0 Å². The third-order valence-electron chi connectivity index (χ3n) is 8.55. The largest absolute Gasteiger partial charge is 0.372 e. The first-order valence-corrected chi connectivity index (χ1v) is 14.4. The van der Waals surface area contributed by atoms with Crippen LogP contribution >= 0.6 is 0 Å². The molecule has 4 heterocycles. The van der Waals surface area contributed by atoms with Crippen LogP contribution in [0.2, 0.25) is 0 Å². The molecule has 0 aliphatic carbocycles. The lowest BCUT2D eigenvalue weighted by molar-refractivity contribution is -0.143. The summed E-state index contributed by atoms with van der Waals surface area (Å²) in [4.78, 5) is 22.1. The number of hydrogen-bond acceptors (Lipinski definition) is 5. The van der Waals surface area contributed by atoms with Gasteiger partial charge in [0, 0.05) is 43.4 Å². The first kappa shape index (κ1) is 25.5. The van der Waals surface area contributed by atoms with E-state index in [0.717, 1.165) is 68.4 Å². The zero-order valence-electron chi connectivity index (χ0n) is 22.3. The van der Waals surface area contributed by atoms with Gasteiger partial charge in [0.05, 0.1) is 18.2 Å². The summed E-state index contributed by atoms with van der Waals surface area (Å²) in [7, 11) is 0. The van der Waals surface area contributed by atoms with Crippen molar-refractivity contribution < 1.29 is 14.3 Å². The quantitative estimate of drug-likeness (QED) is 0.400. The number of fused-ring (bicyclic) bond motifs is 1. The molecule has 6 heteroatoms. The Morgan fingerprint density at radius 2 is 1.74 bits per heavy atom. The molecule has 0 saturated carbocycles. The monoisotopic (exact) mass is 513 g/mol. The van der Waals surface area contributed by atoms with E-state index in [4.69, 9.17) is 9.47 Å².